The number of halogens is 1. The maximum atomic E-state index is 14.2. The Morgan fingerprint density at radius 3 is 2.72 bits per heavy atom. The van der Waals surface area contributed by atoms with E-state index in [1.165, 1.54) is 6.07 Å². The van der Waals surface area contributed by atoms with Gasteiger partial charge in [-0.2, -0.15) is 5.10 Å². The summed E-state index contributed by atoms with van der Waals surface area (Å²) < 4.78 is 21.6. The lowest BCUT2D eigenvalue weighted by Gasteiger charge is -2.27. The van der Waals surface area contributed by atoms with Crippen LogP contribution in [0.3, 0.4) is 0 Å². The molecule has 0 fully saturated rings. The molecule has 1 aliphatic heterocycles. The molecule has 3 aromatic rings. The summed E-state index contributed by atoms with van der Waals surface area (Å²) in [4.78, 5) is 14.8. The van der Waals surface area contributed by atoms with E-state index in [1.807, 2.05) is 32.4 Å². The van der Waals surface area contributed by atoms with Crippen LogP contribution in [0.15, 0.2) is 28.8 Å². The van der Waals surface area contributed by atoms with Gasteiger partial charge in [0.15, 0.2) is 0 Å². The molecule has 1 aromatic carbocycles. The zero-order valence-electron chi connectivity index (χ0n) is 17.2. The Hall–Kier alpha value is -2.96. The molecule has 152 valence electrons. The summed E-state index contributed by atoms with van der Waals surface area (Å²) in [5.74, 6) is 0.434. The summed E-state index contributed by atoms with van der Waals surface area (Å²) in [7, 11) is 0. The highest BCUT2D eigenvalue weighted by Crippen LogP contribution is 2.32. The van der Waals surface area contributed by atoms with E-state index in [0.29, 0.717) is 37.2 Å². The summed E-state index contributed by atoms with van der Waals surface area (Å²) in [5.41, 5.74) is 4.92. The van der Waals surface area contributed by atoms with E-state index in [0.717, 1.165) is 28.3 Å². The SMILES string of the molecule is Cc1nn([C@H](C)CC(=O)N2CCc3onc(-c4ccccc4F)c3C2)c(C)c1C. The molecule has 3 heterocycles. The number of hydrogen-bond donors (Lipinski definition) is 0. The van der Waals surface area contributed by atoms with E-state index >= 15 is 0 Å². The van der Waals surface area contributed by atoms with Crippen LogP contribution in [0.2, 0.25) is 0 Å². The van der Waals surface area contributed by atoms with Gasteiger partial charge in [-0.25, -0.2) is 4.39 Å². The van der Waals surface area contributed by atoms with Gasteiger partial charge in [0.2, 0.25) is 5.91 Å². The fraction of sp³-hybridized carbons (Fsp3) is 0.409. The molecule has 0 saturated heterocycles. The smallest absolute Gasteiger partial charge is 0.225 e. The minimum atomic E-state index is -0.347. The lowest BCUT2D eigenvalue weighted by molar-refractivity contribution is -0.133. The average molecular weight is 396 g/mol. The quantitative estimate of drug-likeness (QED) is 0.665. The first kappa shape index (κ1) is 19.4. The van der Waals surface area contributed by atoms with Crippen molar-refractivity contribution in [2.45, 2.75) is 53.1 Å². The second-order valence-electron chi connectivity index (χ2n) is 7.77. The molecule has 0 bridgehead atoms. The lowest BCUT2D eigenvalue weighted by Crippen LogP contribution is -2.36. The van der Waals surface area contributed by atoms with Crippen molar-refractivity contribution in [1.29, 1.82) is 0 Å². The minimum absolute atomic E-state index is 0.0372. The lowest BCUT2D eigenvalue weighted by atomic mass is 10.0. The molecular weight excluding hydrogens is 371 g/mol. The maximum Gasteiger partial charge on any atom is 0.225 e. The summed E-state index contributed by atoms with van der Waals surface area (Å²) in [6.45, 7) is 9.02. The van der Waals surface area contributed by atoms with Crippen LogP contribution in [0.5, 0.6) is 0 Å². The van der Waals surface area contributed by atoms with Gasteiger partial charge in [-0.05, 0) is 45.4 Å². The molecule has 0 saturated carbocycles. The van der Waals surface area contributed by atoms with Crippen LogP contribution < -0.4 is 0 Å². The number of nitrogens with zero attached hydrogens (tertiary/aromatic N) is 4. The number of aromatic nitrogens is 3. The first-order valence-corrected chi connectivity index (χ1v) is 9.89. The predicted octanol–water partition coefficient (Wildman–Crippen LogP) is 4.14. The summed E-state index contributed by atoms with van der Waals surface area (Å²) in [6, 6.07) is 6.46. The normalized spacial score (nSPS) is 14.7. The predicted molar refractivity (Wildman–Crippen MR) is 107 cm³/mol. The number of amides is 1. The second kappa shape index (κ2) is 7.46. The third-order valence-electron chi connectivity index (χ3n) is 5.88. The third-order valence-corrected chi connectivity index (χ3v) is 5.88. The molecule has 1 aliphatic rings. The van der Waals surface area contributed by atoms with Gasteiger partial charge in [0.05, 0.1) is 18.3 Å². The highest BCUT2D eigenvalue weighted by molar-refractivity contribution is 5.77. The average Bonchev–Trinajstić information content (AvgIpc) is 3.24. The molecule has 4 rings (SSSR count). The fourth-order valence-electron chi connectivity index (χ4n) is 3.93. The van der Waals surface area contributed by atoms with E-state index in [-0.39, 0.29) is 17.8 Å². The number of benzene rings is 1. The number of rotatable bonds is 4. The van der Waals surface area contributed by atoms with E-state index in [2.05, 4.69) is 10.3 Å². The van der Waals surface area contributed by atoms with Gasteiger partial charge in [0.1, 0.15) is 17.3 Å². The molecule has 6 nitrogen and oxygen atoms in total. The van der Waals surface area contributed by atoms with Crippen LogP contribution in [0, 0.1) is 26.6 Å². The monoisotopic (exact) mass is 396 g/mol. The first-order valence-electron chi connectivity index (χ1n) is 9.89. The Morgan fingerprint density at radius 2 is 2.03 bits per heavy atom. The summed E-state index contributed by atoms with van der Waals surface area (Å²) in [5, 5.41) is 8.67. The minimum Gasteiger partial charge on any atom is -0.360 e. The van der Waals surface area contributed by atoms with Crippen molar-refractivity contribution >= 4 is 5.91 Å². The second-order valence-corrected chi connectivity index (χ2v) is 7.77. The van der Waals surface area contributed by atoms with E-state index in [1.54, 1.807) is 23.1 Å². The molecule has 0 N–H and O–H groups in total. The zero-order valence-corrected chi connectivity index (χ0v) is 17.2. The highest BCUT2D eigenvalue weighted by atomic mass is 19.1. The van der Waals surface area contributed by atoms with Crippen molar-refractivity contribution in [3.8, 4) is 11.3 Å². The van der Waals surface area contributed by atoms with Crippen molar-refractivity contribution < 1.29 is 13.7 Å². The molecule has 29 heavy (non-hydrogen) atoms. The van der Waals surface area contributed by atoms with Gasteiger partial charge in [-0.1, -0.05) is 17.3 Å². The van der Waals surface area contributed by atoms with Gasteiger partial charge in [0.25, 0.3) is 0 Å². The number of hydrogen-bond acceptors (Lipinski definition) is 4. The molecule has 0 aliphatic carbocycles. The Kier molecular flexibility index (Phi) is 4.98. The number of carbonyl (C=O) groups is 1. The fourth-order valence-corrected chi connectivity index (χ4v) is 3.93. The summed E-state index contributed by atoms with van der Waals surface area (Å²) in [6.07, 6.45) is 0.937. The first-order chi connectivity index (χ1) is 13.9. The van der Waals surface area contributed by atoms with Gasteiger partial charge < -0.3 is 9.42 Å². The number of fused-ring (bicyclic) bond motifs is 1. The van der Waals surface area contributed by atoms with E-state index < -0.39 is 0 Å². The molecule has 1 atom stereocenters. The van der Waals surface area contributed by atoms with Crippen molar-refractivity contribution in [3.05, 3.63) is 58.4 Å². The van der Waals surface area contributed by atoms with Crippen LogP contribution in [-0.4, -0.2) is 32.3 Å². The van der Waals surface area contributed by atoms with Crippen LogP contribution in [-0.2, 0) is 17.8 Å². The van der Waals surface area contributed by atoms with Crippen LogP contribution >= 0.6 is 0 Å². The molecule has 2 aromatic heterocycles. The molecule has 0 radical (unpaired) electrons. The van der Waals surface area contributed by atoms with Crippen molar-refractivity contribution in [3.63, 3.8) is 0 Å². The molecule has 7 heteroatoms. The third kappa shape index (κ3) is 3.45. The Balaban J connectivity index is 1.52. The van der Waals surface area contributed by atoms with Crippen molar-refractivity contribution in [1.82, 2.24) is 19.8 Å². The molecule has 1 amide bonds. The highest BCUT2D eigenvalue weighted by Gasteiger charge is 2.29. The van der Waals surface area contributed by atoms with E-state index in [9.17, 15) is 9.18 Å². The van der Waals surface area contributed by atoms with Gasteiger partial charge in [0, 0.05) is 36.2 Å². The Morgan fingerprint density at radius 1 is 1.28 bits per heavy atom. The number of aryl methyl sites for hydroxylation is 1. The standard InChI is InChI=1S/C22H25FN4O2/c1-13(27-16(4)14(2)15(3)24-27)11-21(28)26-10-9-20-18(12-26)22(25-29-20)17-7-5-6-8-19(17)23/h5-8,13H,9-12H2,1-4H3/t13-/m1/s1. The maximum absolute atomic E-state index is 14.2. The van der Waals surface area contributed by atoms with Crippen molar-refractivity contribution in [2.75, 3.05) is 6.54 Å². The van der Waals surface area contributed by atoms with Crippen molar-refractivity contribution in [2.24, 2.45) is 0 Å². The zero-order chi connectivity index (χ0) is 20.7. The van der Waals surface area contributed by atoms with Crippen LogP contribution in [0.4, 0.5) is 4.39 Å². The van der Waals surface area contributed by atoms with Gasteiger partial charge in [-0.3, -0.25) is 9.48 Å². The Bertz CT molecular complexity index is 1070. The van der Waals surface area contributed by atoms with Crippen LogP contribution in [0.1, 0.15) is 47.7 Å². The molecule has 0 spiro atoms. The van der Waals surface area contributed by atoms with Gasteiger partial charge >= 0.3 is 0 Å². The summed E-state index contributed by atoms with van der Waals surface area (Å²) >= 11 is 0. The topological polar surface area (TPSA) is 64.2 Å². The van der Waals surface area contributed by atoms with Crippen LogP contribution in [0.25, 0.3) is 11.3 Å². The number of carbonyl (C=O) groups excluding carboxylic acids is 1. The molecule has 0 unspecified atom stereocenters. The molecular formula is C22H25FN4O2. The van der Waals surface area contributed by atoms with Gasteiger partial charge in [-0.15, -0.1) is 0 Å². The largest absolute Gasteiger partial charge is 0.360 e. The Labute approximate surface area is 169 Å². The van der Waals surface area contributed by atoms with E-state index in [4.69, 9.17) is 4.52 Å².